The molecule has 168 valence electrons. The molecule has 0 saturated heterocycles. The summed E-state index contributed by atoms with van der Waals surface area (Å²) in [5.74, 6) is 0.666. The van der Waals surface area contributed by atoms with Crippen molar-refractivity contribution < 1.29 is 13.6 Å². The Morgan fingerprint density at radius 3 is 2.53 bits per heavy atom. The average Bonchev–Trinajstić information content (AvgIpc) is 2.87. The number of hydrogen-bond acceptors (Lipinski definition) is 6. The molecule has 2 aromatic heterocycles. The second-order valence-electron chi connectivity index (χ2n) is 8.37. The molecule has 0 spiro atoms. The summed E-state index contributed by atoms with van der Waals surface area (Å²) < 4.78 is 17.2. The van der Waals surface area contributed by atoms with E-state index in [1.165, 1.54) is 11.6 Å². The highest BCUT2D eigenvalue weighted by Crippen LogP contribution is 2.37. The Balaban J connectivity index is 1.51. The van der Waals surface area contributed by atoms with Crippen LogP contribution in [-0.2, 0) is 13.0 Å². The SMILES string of the molecule is CCc1ccc(N2COc3ccc4c(-c5cc6ccccc6oc5=O)cc(=O)oc4c3C2)cc1. The lowest BCUT2D eigenvalue weighted by molar-refractivity contribution is 0.289. The van der Waals surface area contributed by atoms with Crippen LogP contribution < -0.4 is 20.9 Å². The van der Waals surface area contributed by atoms with Gasteiger partial charge in [0.15, 0.2) is 6.73 Å². The van der Waals surface area contributed by atoms with Gasteiger partial charge in [-0.3, -0.25) is 0 Å². The zero-order valence-corrected chi connectivity index (χ0v) is 18.5. The van der Waals surface area contributed by atoms with Crippen LogP contribution in [0, 0.1) is 0 Å². The van der Waals surface area contributed by atoms with Crippen molar-refractivity contribution in [1.29, 1.82) is 0 Å². The summed E-state index contributed by atoms with van der Waals surface area (Å²) in [6.07, 6.45) is 0.973. The van der Waals surface area contributed by atoms with E-state index in [0.29, 0.717) is 46.7 Å². The van der Waals surface area contributed by atoms with Crippen molar-refractivity contribution >= 4 is 27.6 Å². The summed E-state index contributed by atoms with van der Waals surface area (Å²) in [5.41, 5.74) is 3.74. The van der Waals surface area contributed by atoms with Gasteiger partial charge in [-0.15, -0.1) is 0 Å². The molecule has 0 amide bonds. The number of rotatable bonds is 3. The molecule has 6 nitrogen and oxygen atoms in total. The molecule has 34 heavy (non-hydrogen) atoms. The molecule has 0 aliphatic carbocycles. The van der Waals surface area contributed by atoms with Gasteiger partial charge in [0.25, 0.3) is 0 Å². The molecule has 1 aliphatic heterocycles. The number of benzene rings is 3. The van der Waals surface area contributed by atoms with E-state index in [9.17, 15) is 9.59 Å². The predicted octanol–water partition coefficient (Wildman–Crippen LogP) is 5.49. The molecule has 1 aliphatic rings. The monoisotopic (exact) mass is 451 g/mol. The Morgan fingerprint density at radius 2 is 1.71 bits per heavy atom. The molecule has 0 radical (unpaired) electrons. The minimum Gasteiger partial charge on any atom is -0.473 e. The van der Waals surface area contributed by atoms with Gasteiger partial charge in [0.1, 0.15) is 16.9 Å². The second-order valence-corrected chi connectivity index (χ2v) is 8.37. The van der Waals surface area contributed by atoms with Crippen LogP contribution in [0.25, 0.3) is 33.1 Å². The Morgan fingerprint density at radius 1 is 0.882 bits per heavy atom. The van der Waals surface area contributed by atoms with Crippen LogP contribution in [0.2, 0.25) is 0 Å². The molecule has 5 aromatic rings. The van der Waals surface area contributed by atoms with E-state index in [4.69, 9.17) is 13.6 Å². The van der Waals surface area contributed by atoms with E-state index in [1.807, 2.05) is 30.3 Å². The molecule has 3 aromatic carbocycles. The standard InChI is InChI=1S/C28H21NO5/c1-2-17-7-9-19(10-8-17)29-15-23-25(32-16-29)12-11-20-21(14-26(30)34-27(20)23)22-13-18-5-3-4-6-24(18)33-28(22)31/h3-14H,2,15-16H2,1H3. The van der Waals surface area contributed by atoms with Gasteiger partial charge in [-0.2, -0.15) is 0 Å². The van der Waals surface area contributed by atoms with Crippen LogP contribution in [0.3, 0.4) is 0 Å². The van der Waals surface area contributed by atoms with Gasteiger partial charge in [-0.1, -0.05) is 37.3 Å². The number of aryl methyl sites for hydroxylation is 1. The first-order valence-electron chi connectivity index (χ1n) is 11.2. The van der Waals surface area contributed by atoms with E-state index in [2.05, 4.69) is 36.1 Å². The van der Waals surface area contributed by atoms with E-state index < -0.39 is 11.3 Å². The predicted molar refractivity (Wildman–Crippen MR) is 131 cm³/mol. The second kappa shape index (κ2) is 7.92. The van der Waals surface area contributed by atoms with Crippen LogP contribution in [0.4, 0.5) is 5.69 Å². The highest BCUT2D eigenvalue weighted by molar-refractivity contribution is 5.97. The molecule has 3 heterocycles. The highest BCUT2D eigenvalue weighted by Gasteiger charge is 2.24. The minimum absolute atomic E-state index is 0.320. The number of fused-ring (bicyclic) bond motifs is 4. The van der Waals surface area contributed by atoms with Crippen molar-refractivity contribution in [2.24, 2.45) is 0 Å². The quantitative estimate of drug-likeness (QED) is 0.338. The Hall–Kier alpha value is -4.32. The molecule has 0 N–H and O–H groups in total. The van der Waals surface area contributed by atoms with Gasteiger partial charge >= 0.3 is 11.3 Å². The van der Waals surface area contributed by atoms with Crippen molar-refractivity contribution in [3.8, 4) is 16.9 Å². The lowest BCUT2D eigenvalue weighted by Crippen LogP contribution is -2.32. The Kier molecular flexibility index (Phi) is 4.73. The maximum absolute atomic E-state index is 12.8. The molecular weight excluding hydrogens is 430 g/mol. The lowest BCUT2D eigenvalue weighted by Gasteiger charge is -2.31. The van der Waals surface area contributed by atoms with Crippen LogP contribution in [-0.4, -0.2) is 6.73 Å². The average molecular weight is 451 g/mol. The van der Waals surface area contributed by atoms with E-state index >= 15 is 0 Å². The third kappa shape index (κ3) is 3.35. The van der Waals surface area contributed by atoms with Gasteiger partial charge in [-0.25, -0.2) is 9.59 Å². The fourth-order valence-corrected chi connectivity index (χ4v) is 4.51. The fraction of sp³-hybridized carbons (Fsp3) is 0.143. The summed E-state index contributed by atoms with van der Waals surface area (Å²) in [5, 5.41) is 1.44. The van der Waals surface area contributed by atoms with Crippen LogP contribution in [0.5, 0.6) is 5.75 Å². The maximum Gasteiger partial charge on any atom is 0.344 e. The summed E-state index contributed by atoms with van der Waals surface area (Å²) in [7, 11) is 0. The summed E-state index contributed by atoms with van der Waals surface area (Å²) >= 11 is 0. The van der Waals surface area contributed by atoms with E-state index in [-0.39, 0.29) is 0 Å². The normalized spacial score (nSPS) is 13.1. The molecule has 6 rings (SSSR count). The number of nitrogens with zero attached hydrogens (tertiary/aromatic N) is 1. The van der Waals surface area contributed by atoms with Crippen molar-refractivity contribution in [3.63, 3.8) is 0 Å². The van der Waals surface area contributed by atoms with Gasteiger partial charge < -0.3 is 18.5 Å². The van der Waals surface area contributed by atoms with Crippen LogP contribution in [0.1, 0.15) is 18.1 Å². The first-order chi connectivity index (χ1) is 16.6. The maximum atomic E-state index is 12.8. The fourth-order valence-electron chi connectivity index (χ4n) is 4.51. The largest absolute Gasteiger partial charge is 0.473 e. The smallest absolute Gasteiger partial charge is 0.344 e. The first-order valence-corrected chi connectivity index (χ1v) is 11.2. The van der Waals surface area contributed by atoms with Gasteiger partial charge in [0.05, 0.1) is 17.7 Å². The zero-order chi connectivity index (χ0) is 23.2. The third-order valence-corrected chi connectivity index (χ3v) is 6.34. The zero-order valence-electron chi connectivity index (χ0n) is 18.5. The lowest BCUT2D eigenvalue weighted by atomic mass is 9.99. The first kappa shape index (κ1) is 20.3. The Bertz CT molecular complexity index is 1660. The molecule has 0 fully saturated rings. The number of para-hydroxylation sites is 1. The van der Waals surface area contributed by atoms with Crippen LogP contribution in [0.15, 0.2) is 91.2 Å². The summed E-state index contributed by atoms with van der Waals surface area (Å²) in [6, 6.07) is 22.4. The van der Waals surface area contributed by atoms with Crippen molar-refractivity contribution in [2.75, 3.05) is 11.6 Å². The topological polar surface area (TPSA) is 72.9 Å². The highest BCUT2D eigenvalue weighted by atomic mass is 16.5. The number of hydrogen-bond donors (Lipinski definition) is 0. The summed E-state index contributed by atoms with van der Waals surface area (Å²) in [4.78, 5) is 27.5. The van der Waals surface area contributed by atoms with Crippen molar-refractivity contribution in [1.82, 2.24) is 0 Å². The summed E-state index contributed by atoms with van der Waals surface area (Å²) in [6.45, 7) is 3.02. The van der Waals surface area contributed by atoms with E-state index in [0.717, 1.165) is 23.1 Å². The molecule has 0 bridgehead atoms. The Labute approximate surface area is 194 Å². The third-order valence-electron chi connectivity index (χ3n) is 6.34. The molecule has 0 unspecified atom stereocenters. The molecule has 6 heteroatoms. The van der Waals surface area contributed by atoms with Gasteiger partial charge in [0, 0.05) is 28.1 Å². The van der Waals surface area contributed by atoms with Gasteiger partial charge in [0.2, 0.25) is 0 Å². The number of ether oxygens (including phenoxy) is 1. The van der Waals surface area contributed by atoms with Crippen molar-refractivity contribution in [2.45, 2.75) is 19.9 Å². The van der Waals surface area contributed by atoms with Crippen molar-refractivity contribution in [3.05, 3.63) is 105 Å². The van der Waals surface area contributed by atoms with Crippen LogP contribution >= 0.6 is 0 Å². The number of anilines is 1. The van der Waals surface area contributed by atoms with Gasteiger partial charge in [-0.05, 0) is 48.4 Å². The van der Waals surface area contributed by atoms with E-state index in [1.54, 1.807) is 12.1 Å². The minimum atomic E-state index is -0.534. The molecular formula is C28H21NO5. The molecule has 0 atom stereocenters. The molecule has 0 saturated carbocycles.